The molecule has 2 heteroatoms. The first-order valence-corrected chi connectivity index (χ1v) is 3.22. The molecule has 0 aliphatic carbocycles. The van der Waals surface area contributed by atoms with Gasteiger partial charge in [0.1, 0.15) is 0 Å². The molecular formula is C7H13OW-. The first-order valence-electron chi connectivity index (χ1n) is 3.22. The van der Waals surface area contributed by atoms with Crippen LogP contribution >= 0.6 is 0 Å². The van der Waals surface area contributed by atoms with Crippen molar-refractivity contribution < 1.29 is 25.9 Å². The maximum atomic E-state index is 10.0. The Morgan fingerprint density at radius 3 is 2.11 bits per heavy atom. The Bertz CT molecular complexity index is 63.9. The summed E-state index contributed by atoms with van der Waals surface area (Å²) in [7, 11) is 0. The van der Waals surface area contributed by atoms with Gasteiger partial charge in [0.25, 0.3) is 0 Å². The Hall–Kier alpha value is 0.358. The van der Waals surface area contributed by atoms with Crippen LogP contribution in [0.1, 0.15) is 33.1 Å². The van der Waals surface area contributed by atoms with Crippen LogP contribution in [-0.2, 0) is 25.9 Å². The predicted molar refractivity (Wildman–Crippen MR) is 34.4 cm³/mol. The fraction of sp³-hybridized carbons (Fsp3) is 0.857. The van der Waals surface area contributed by atoms with Crippen molar-refractivity contribution in [2.24, 2.45) is 5.92 Å². The molecule has 0 spiro atoms. The van der Waals surface area contributed by atoms with Crippen LogP contribution in [0.4, 0.5) is 0 Å². The maximum Gasteiger partial charge on any atom is 0 e. The van der Waals surface area contributed by atoms with Crippen molar-refractivity contribution in [3.8, 4) is 0 Å². The molecule has 0 aromatic carbocycles. The summed E-state index contributed by atoms with van der Waals surface area (Å²) in [6, 6.07) is 0. The zero-order valence-electron chi connectivity index (χ0n) is 6.02. The minimum Gasteiger partial charge on any atom is -0.542 e. The Labute approximate surface area is 71.5 Å². The van der Waals surface area contributed by atoms with E-state index in [1.807, 2.05) is 13.2 Å². The second-order valence-electron chi connectivity index (χ2n) is 2.01. The summed E-state index contributed by atoms with van der Waals surface area (Å²) in [6.07, 6.45) is 5.04. The molecule has 0 aliphatic rings. The van der Waals surface area contributed by atoms with Gasteiger partial charge in [-0.2, -0.15) is 0 Å². The van der Waals surface area contributed by atoms with Gasteiger partial charge in [-0.1, -0.05) is 33.1 Å². The van der Waals surface area contributed by atoms with E-state index in [1.165, 1.54) is 0 Å². The van der Waals surface area contributed by atoms with E-state index in [-0.39, 0.29) is 27.0 Å². The summed E-state index contributed by atoms with van der Waals surface area (Å²) in [5, 5.41) is 0. The SMILES string of the molecule is CCCC([C-]=O)CC.[W]. The average Bonchev–Trinajstić information content (AvgIpc) is 1.83. The fourth-order valence-corrected chi connectivity index (χ4v) is 0.695. The van der Waals surface area contributed by atoms with Gasteiger partial charge >= 0.3 is 0 Å². The Balaban J connectivity index is 0. The van der Waals surface area contributed by atoms with E-state index >= 15 is 0 Å². The third-order valence-corrected chi connectivity index (χ3v) is 1.30. The largest absolute Gasteiger partial charge is 0.542 e. The van der Waals surface area contributed by atoms with Gasteiger partial charge in [0, 0.05) is 21.1 Å². The van der Waals surface area contributed by atoms with Crippen molar-refractivity contribution in [2.75, 3.05) is 0 Å². The minimum atomic E-state index is 0. The van der Waals surface area contributed by atoms with Gasteiger partial charge in [0.15, 0.2) is 0 Å². The number of carbonyl (C=O) groups excluding carboxylic acids is 1. The molecular weight excluding hydrogens is 284 g/mol. The molecule has 9 heavy (non-hydrogen) atoms. The second kappa shape index (κ2) is 8.36. The van der Waals surface area contributed by atoms with Gasteiger partial charge in [-0.15, -0.1) is 5.92 Å². The molecule has 0 aromatic rings. The van der Waals surface area contributed by atoms with Gasteiger partial charge in [-0.3, -0.25) is 6.29 Å². The van der Waals surface area contributed by atoms with E-state index < -0.39 is 0 Å². The van der Waals surface area contributed by atoms with Crippen molar-refractivity contribution in [1.29, 1.82) is 0 Å². The molecule has 0 saturated carbocycles. The smallest absolute Gasteiger partial charge is 0 e. The Kier molecular flexibility index (Phi) is 11.2. The van der Waals surface area contributed by atoms with E-state index in [4.69, 9.17) is 0 Å². The van der Waals surface area contributed by atoms with Gasteiger partial charge in [0.2, 0.25) is 0 Å². The van der Waals surface area contributed by atoms with E-state index in [1.54, 1.807) is 0 Å². The van der Waals surface area contributed by atoms with Gasteiger partial charge in [-0.25, -0.2) is 0 Å². The first kappa shape index (κ1) is 12.1. The Morgan fingerprint density at radius 1 is 1.44 bits per heavy atom. The molecule has 0 rings (SSSR count). The maximum absolute atomic E-state index is 10.0. The van der Waals surface area contributed by atoms with Crippen molar-refractivity contribution in [2.45, 2.75) is 33.1 Å². The van der Waals surface area contributed by atoms with E-state index in [2.05, 4.69) is 6.92 Å². The van der Waals surface area contributed by atoms with E-state index in [0.717, 1.165) is 19.3 Å². The van der Waals surface area contributed by atoms with Crippen LogP contribution in [0.3, 0.4) is 0 Å². The fourth-order valence-electron chi connectivity index (χ4n) is 0.695. The van der Waals surface area contributed by atoms with E-state index in [9.17, 15) is 4.79 Å². The zero-order valence-corrected chi connectivity index (χ0v) is 8.95. The molecule has 54 valence electrons. The third kappa shape index (κ3) is 6.24. The van der Waals surface area contributed by atoms with Crippen LogP contribution < -0.4 is 0 Å². The second-order valence-corrected chi connectivity index (χ2v) is 2.01. The van der Waals surface area contributed by atoms with Crippen molar-refractivity contribution in [3.05, 3.63) is 0 Å². The van der Waals surface area contributed by atoms with Crippen LogP contribution in [0.15, 0.2) is 0 Å². The topological polar surface area (TPSA) is 17.1 Å². The van der Waals surface area contributed by atoms with Gasteiger partial charge in [-0.05, 0) is 0 Å². The summed E-state index contributed by atoms with van der Waals surface area (Å²) in [4.78, 5) is 10.0. The quantitative estimate of drug-likeness (QED) is 0.725. The molecule has 0 fully saturated rings. The molecule has 0 amide bonds. The molecule has 0 aliphatic heterocycles. The van der Waals surface area contributed by atoms with Crippen LogP contribution in [0.25, 0.3) is 0 Å². The minimum absolute atomic E-state index is 0. The summed E-state index contributed by atoms with van der Waals surface area (Å²) in [6.45, 7) is 4.10. The monoisotopic (exact) mass is 297 g/mol. The van der Waals surface area contributed by atoms with Crippen LogP contribution in [-0.4, -0.2) is 6.29 Å². The number of hydrogen-bond donors (Lipinski definition) is 0. The molecule has 0 saturated heterocycles. The molecule has 0 radical (unpaired) electrons. The Morgan fingerprint density at radius 2 is 2.00 bits per heavy atom. The van der Waals surface area contributed by atoms with Crippen molar-refractivity contribution in [1.82, 2.24) is 0 Å². The van der Waals surface area contributed by atoms with Crippen molar-refractivity contribution >= 4 is 6.29 Å². The van der Waals surface area contributed by atoms with Crippen LogP contribution in [0, 0.1) is 5.92 Å². The molecule has 1 unspecified atom stereocenters. The molecule has 0 heterocycles. The standard InChI is InChI=1S/C7H13O.W/c1-3-5-7(4-2)6-8;/h7H,3-5H2,1-2H3;/q-1;. The zero-order chi connectivity index (χ0) is 6.41. The third-order valence-electron chi connectivity index (χ3n) is 1.30. The molecule has 1 nitrogen and oxygen atoms in total. The molecule has 0 aromatic heterocycles. The summed E-state index contributed by atoms with van der Waals surface area (Å²) in [5.74, 6) is 0.194. The summed E-state index contributed by atoms with van der Waals surface area (Å²) < 4.78 is 0. The predicted octanol–water partition coefficient (Wildman–Crippen LogP) is 1.92. The average molecular weight is 297 g/mol. The first-order chi connectivity index (χ1) is 3.85. The van der Waals surface area contributed by atoms with E-state index in [0.29, 0.717) is 0 Å². The summed E-state index contributed by atoms with van der Waals surface area (Å²) in [5.41, 5.74) is 0. The molecule has 0 N–H and O–H groups in total. The summed E-state index contributed by atoms with van der Waals surface area (Å²) >= 11 is 0. The molecule has 1 atom stereocenters. The number of hydrogen-bond acceptors (Lipinski definition) is 1. The normalized spacial score (nSPS) is 11.8. The van der Waals surface area contributed by atoms with Gasteiger partial charge in [0.05, 0.1) is 0 Å². The van der Waals surface area contributed by atoms with Crippen molar-refractivity contribution in [3.63, 3.8) is 0 Å². The van der Waals surface area contributed by atoms with Gasteiger partial charge < -0.3 is 4.79 Å². The molecule has 0 bridgehead atoms. The van der Waals surface area contributed by atoms with Crippen LogP contribution in [0.2, 0.25) is 0 Å². The van der Waals surface area contributed by atoms with Crippen LogP contribution in [0.5, 0.6) is 0 Å². The number of rotatable bonds is 4.